The first-order valence-electron chi connectivity index (χ1n) is 30.7. The zero-order valence-corrected chi connectivity index (χ0v) is 57.8. The number of methoxy groups -OCH3 is 1. The molecular weight excluding hydrogens is 1130 g/mol. The monoisotopic (exact) mass is 1240 g/mol. The number of nitro groups is 1. The number of nitro benzene ring substituents is 1. The number of likely N-dealkylation sites (N-methyl/N-ethyl adjacent to an activating group) is 2. The second kappa shape index (κ2) is 29.5. The van der Waals surface area contributed by atoms with Crippen LogP contribution in [0.5, 0.6) is 0 Å². The van der Waals surface area contributed by atoms with E-state index in [9.17, 15) is 45.2 Å². The van der Waals surface area contributed by atoms with E-state index in [1.807, 2.05) is 37.7 Å². The number of ether oxygens (including phenoxy) is 6. The van der Waals surface area contributed by atoms with Gasteiger partial charge in [0.25, 0.3) is 5.69 Å². The molecule has 1 aromatic rings. The number of aliphatic hydroxyl groups is 5. The van der Waals surface area contributed by atoms with Crippen molar-refractivity contribution in [3.63, 3.8) is 0 Å². The Morgan fingerprint density at radius 2 is 1.51 bits per heavy atom. The number of nitrogens with zero attached hydrogens (tertiary/aromatic N) is 3. The minimum absolute atomic E-state index is 0.0641. The van der Waals surface area contributed by atoms with Crippen LogP contribution in [0.2, 0.25) is 36.3 Å². The number of carbonyl (C=O) groups is 2. The number of benzene rings is 1. The number of carbonyl (C=O) groups excluding carboxylic acids is 2. The lowest BCUT2D eigenvalue weighted by Crippen LogP contribution is -2.61. The van der Waals surface area contributed by atoms with Crippen LogP contribution in [0.4, 0.5) is 10.5 Å². The Kier molecular flexibility index (Phi) is 25.9. The van der Waals surface area contributed by atoms with Gasteiger partial charge in [0.15, 0.2) is 29.2 Å². The molecule has 0 aliphatic carbocycles. The summed E-state index contributed by atoms with van der Waals surface area (Å²) in [4.78, 5) is 44.0. The number of nitrogens with one attached hydrogen (secondary N) is 2. The van der Waals surface area contributed by atoms with Gasteiger partial charge in [-0.3, -0.25) is 19.8 Å². The third-order valence-electron chi connectivity index (χ3n) is 19.6. The van der Waals surface area contributed by atoms with Crippen LogP contribution in [0.3, 0.4) is 0 Å². The summed E-state index contributed by atoms with van der Waals surface area (Å²) in [5.41, 5.74) is -4.09. The average Bonchev–Trinajstić information content (AvgIpc) is 2.74. The van der Waals surface area contributed by atoms with Gasteiger partial charge >= 0.3 is 12.0 Å². The standard InChI is InChI=1S/C61H113N5O17Si2/c1-24-46-61(16,73)51(68)40(6)65(18)34-36(2)32-59(14,72)53(38(4)49(39(5)54(70)80-46)81-47-33-60(15,76-19)52(69)41(7)79-47)82-55-48(67)45(31-37(3)78-55)64(17)30-29-62-56(71)63-44(35-77-84(20,21)57(8,9)10)50(83-85(22,23)58(11,12)13)42-25-27-43(28-26-42)66(74)75/h25-28,36-41,44-53,55,67-69,72-73H,24,29-35H2,1-23H3,(H2,62,63,71)/t36-,37-,38+,39-,40-,41+,44-,45+,46-,47+,48-,49+,50-,51-,52+,53-,55+,59-,60-,61-/m1/s1. The summed E-state index contributed by atoms with van der Waals surface area (Å²) in [6, 6.07) is 3.84. The van der Waals surface area contributed by atoms with Gasteiger partial charge in [0, 0.05) is 63.3 Å². The minimum atomic E-state index is -2.55. The molecule has 2 amide bonds. The normalized spacial score (nSPS) is 36.4. The molecule has 1 aromatic carbocycles. The van der Waals surface area contributed by atoms with Crippen LogP contribution in [0.1, 0.15) is 148 Å². The fourth-order valence-corrected chi connectivity index (χ4v) is 14.1. The summed E-state index contributed by atoms with van der Waals surface area (Å²) in [6.45, 7) is 39.5. The lowest BCUT2D eigenvalue weighted by Gasteiger charge is -2.49. The highest BCUT2D eigenvalue weighted by Crippen LogP contribution is 2.44. The summed E-state index contributed by atoms with van der Waals surface area (Å²) in [6.07, 6.45) is -10.7. The first kappa shape index (κ1) is 74.7. The Morgan fingerprint density at radius 1 is 0.918 bits per heavy atom. The SMILES string of the molecule is CC[C@H]1OC(=O)[C@H](C)[C@@H](O[C@H]2C[C@@](C)(OC)[C@@H](O)[C@H](C)O2)[C@H](C)[C@@H](O[C@@H]2O[C@H](C)C[C@H](N(C)CCNC(=O)N[C@H](CO[Si](C)(C)C(C)(C)C)[C@H](O[Si](C)(C)C(C)(C)C)c3ccc([N+](=O)[O-])cc3)[C@H]2O)[C@](C)(O)C[C@@H](C)CN(C)[C@H](C)[C@@H](O)[C@]1(C)O. The van der Waals surface area contributed by atoms with Gasteiger partial charge < -0.3 is 78.3 Å². The van der Waals surface area contributed by atoms with Crippen LogP contribution in [-0.4, -0.2) is 213 Å². The number of urea groups is 1. The van der Waals surface area contributed by atoms with E-state index in [0.717, 1.165) is 0 Å². The third-order valence-corrected chi connectivity index (χ3v) is 28.6. The molecule has 0 aromatic heterocycles. The lowest BCUT2D eigenvalue weighted by molar-refractivity contribution is -0.384. The van der Waals surface area contributed by atoms with Crippen molar-refractivity contribution in [1.82, 2.24) is 20.4 Å². The second-order valence-electron chi connectivity index (χ2n) is 28.9. The predicted octanol–water partition coefficient (Wildman–Crippen LogP) is 7.63. The van der Waals surface area contributed by atoms with Crippen LogP contribution >= 0.6 is 0 Å². The molecule has 3 aliphatic rings. The number of non-ortho nitro benzene ring substituents is 1. The van der Waals surface area contributed by atoms with E-state index in [-0.39, 0.29) is 60.6 Å². The van der Waals surface area contributed by atoms with Crippen molar-refractivity contribution in [2.75, 3.05) is 47.4 Å². The molecule has 3 fully saturated rings. The molecule has 0 bridgehead atoms. The van der Waals surface area contributed by atoms with Crippen molar-refractivity contribution in [3.8, 4) is 0 Å². The predicted molar refractivity (Wildman–Crippen MR) is 331 cm³/mol. The van der Waals surface area contributed by atoms with Gasteiger partial charge in [-0.25, -0.2) is 4.79 Å². The smallest absolute Gasteiger partial charge is 0.315 e. The number of amides is 2. The molecule has 7 N–H and O–H groups in total. The molecule has 4 rings (SSSR count). The molecule has 0 saturated carbocycles. The van der Waals surface area contributed by atoms with Crippen molar-refractivity contribution >= 4 is 34.3 Å². The first-order chi connectivity index (χ1) is 38.9. The van der Waals surface area contributed by atoms with E-state index in [0.29, 0.717) is 18.5 Å². The molecule has 3 saturated heterocycles. The third kappa shape index (κ3) is 18.7. The van der Waals surface area contributed by atoms with Crippen molar-refractivity contribution in [3.05, 3.63) is 39.9 Å². The maximum absolute atomic E-state index is 14.6. The lowest BCUT2D eigenvalue weighted by atomic mass is 9.77. The van der Waals surface area contributed by atoms with Crippen LogP contribution in [0.25, 0.3) is 0 Å². The Balaban J connectivity index is 1.69. The maximum atomic E-state index is 14.6. The second-order valence-corrected chi connectivity index (χ2v) is 38.5. The Bertz CT molecular complexity index is 2310. The largest absolute Gasteiger partial charge is 0.459 e. The van der Waals surface area contributed by atoms with Crippen LogP contribution in [0, 0.1) is 27.9 Å². The molecule has 0 unspecified atom stereocenters. The van der Waals surface area contributed by atoms with Gasteiger partial charge in [0.2, 0.25) is 0 Å². The quantitative estimate of drug-likeness (QED) is 0.0303. The van der Waals surface area contributed by atoms with E-state index in [1.165, 1.54) is 26.2 Å². The fourth-order valence-electron chi connectivity index (χ4n) is 11.8. The molecule has 22 nitrogen and oxygen atoms in total. The summed E-state index contributed by atoms with van der Waals surface area (Å²) < 4.78 is 52.4. The average molecular weight is 1240 g/mol. The zero-order valence-electron chi connectivity index (χ0n) is 55.8. The van der Waals surface area contributed by atoms with Crippen molar-refractivity contribution in [2.45, 2.75) is 275 Å². The van der Waals surface area contributed by atoms with E-state index in [4.69, 9.17) is 37.3 Å². The Labute approximate surface area is 510 Å². The molecule has 3 heterocycles. The Morgan fingerprint density at radius 3 is 2.05 bits per heavy atom. The highest BCUT2D eigenvalue weighted by molar-refractivity contribution is 6.74. The molecule has 3 aliphatic heterocycles. The number of hydrogen-bond acceptors (Lipinski definition) is 19. The van der Waals surface area contributed by atoms with Crippen molar-refractivity contribution in [2.24, 2.45) is 17.8 Å². The van der Waals surface area contributed by atoms with Gasteiger partial charge in [0.05, 0.1) is 65.2 Å². The van der Waals surface area contributed by atoms with Gasteiger partial charge in [-0.05, 0) is 142 Å². The van der Waals surface area contributed by atoms with Crippen molar-refractivity contribution < 1.29 is 77.3 Å². The molecule has 24 heteroatoms. The molecule has 0 spiro atoms. The number of cyclic esters (lactones) is 1. The number of hydrogen-bond donors (Lipinski definition) is 7. The molecule has 492 valence electrons. The van der Waals surface area contributed by atoms with E-state index >= 15 is 0 Å². The summed E-state index contributed by atoms with van der Waals surface area (Å²) >= 11 is 0. The summed E-state index contributed by atoms with van der Waals surface area (Å²) in [5.74, 6) is -2.99. The summed E-state index contributed by atoms with van der Waals surface area (Å²) in [7, 11) is 0.208. The van der Waals surface area contributed by atoms with Crippen LogP contribution < -0.4 is 10.6 Å². The van der Waals surface area contributed by atoms with Gasteiger partial charge in [-0.1, -0.05) is 62.3 Å². The Hall–Kier alpha value is -2.77. The van der Waals surface area contributed by atoms with Gasteiger partial charge in [0.1, 0.15) is 30.0 Å². The summed E-state index contributed by atoms with van der Waals surface area (Å²) in [5, 5.41) is 77.8. The van der Waals surface area contributed by atoms with Gasteiger partial charge in [-0.2, -0.15) is 0 Å². The number of esters is 1. The van der Waals surface area contributed by atoms with Crippen molar-refractivity contribution in [1.29, 1.82) is 0 Å². The highest BCUT2D eigenvalue weighted by Gasteiger charge is 2.53. The molecule has 85 heavy (non-hydrogen) atoms. The highest BCUT2D eigenvalue weighted by atomic mass is 28.4. The number of aliphatic hydroxyl groups excluding tert-OH is 3. The fraction of sp³-hybridized carbons (Fsp3) is 0.869. The number of rotatable bonds is 19. The van der Waals surface area contributed by atoms with E-state index in [2.05, 4.69) is 78.4 Å². The zero-order chi connectivity index (χ0) is 64.9. The van der Waals surface area contributed by atoms with E-state index < -0.39 is 148 Å². The molecule has 0 radical (unpaired) electrons. The molecule has 20 atom stereocenters. The topological polar surface area (TPSA) is 283 Å². The van der Waals surface area contributed by atoms with Crippen LogP contribution in [-0.2, 0) is 42.1 Å². The van der Waals surface area contributed by atoms with E-state index in [1.54, 1.807) is 60.6 Å². The minimum Gasteiger partial charge on any atom is -0.459 e. The molecular formula is C61H113N5O17Si2. The van der Waals surface area contributed by atoms with Crippen LogP contribution in [0.15, 0.2) is 24.3 Å². The maximum Gasteiger partial charge on any atom is 0.315 e. The first-order valence-corrected chi connectivity index (χ1v) is 36.5. The van der Waals surface area contributed by atoms with Gasteiger partial charge in [-0.15, -0.1) is 0 Å².